The molecule has 0 amide bonds. The van der Waals surface area contributed by atoms with Gasteiger partial charge in [0.2, 0.25) is 0 Å². The van der Waals surface area contributed by atoms with Crippen LogP contribution >= 0.6 is 0 Å². The molecule has 0 aromatic heterocycles. The number of unbranched alkanes of at least 4 members (excludes halogenated alkanes) is 1. The van der Waals surface area contributed by atoms with Crippen molar-refractivity contribution in [3.8, 4) is 0 Å². The zero-order chi connectivity index (χ0) is 20.5. The molecule has 0 radical (unpaired) electrons. The lowest BCUT2D eigenvalue weighted by molar-refractivity contribution is -0.382. The predicted molar refractivity (Wildman–Crippen MR) is 63.5 cm³/mol. The summed E-state index contributed by atoms with van der Waals surface area (Å²) in [6.45, 7) is -1.19. The standard InChI is InChI=1S/C8H10F9NO5S2/c9-5(10,7(13,14)15)6(11,12)8(16,17)25(22,23)18-3-1-2-4-24(19,20)21/h18H,1-4H2,(H,19,20,21). The number of rotatable bonds is 9. The first-order chi connectivity index (χ1) is 10.7. The zero-order valence-corrected chi connectivity index (χ0v) is 13.3. The molecular weight excluding hydrogens is 425 g/mol. The molecule has 0 aliphatic rings. The Bertz CT molecular complexity index is 671. The van der Waals surface area contributed by atoms with Crippen molar-refractivity contribution in [1.29, 1.82) is 0 Å². The van der Waals surface area contributed by atoms with Gasteiger partial charge in [0.25, 0.3) is 20.1 Å². The van der Waals surface area contributed by atoms with Crippen LogP contribution in [0.4, 0.5) is 39.5 Å². The third kappa shape index (κ3) is 5.10. The van der Waals surface area contributed by atoms with Crippen molar-refractivity contribution in [2.45, 2.75) is 36.1 Å². The van der Waals surface area contributed by atoms with Crippen molar-refractivity contribution in [3.05, 3.63) is 0 Å². The first kappa shape index (κ1) is 24.2. The number of alkyl halides is 9. The molecule has 17 heteroatoms. The Morgan fingerprint density at radius 2 is 1.20 bits per heavy atom. The maximum absolute atomic E-state index is 13.2. The van der Waals surface area contributed by atoms with Crippen molar-refractivity contribution >= 4 is 20.1 Å². The van der Waals surface area contributed by atoms with Gasteiger partial charge >= 0.3 is 23.3 Å². The van der Waals surface area contributed by atoms with Gasteiger partial charge in [-0.2, -0.15) is 47.9 Å². The summed E-state index contributed by atoms with van der Waals surface area (Å²) in [4.78, 5) is 0. The Morgan fingerprint density at radius 1 is 0.760 bits per heavy atom. The van der Waals surface area contributed by atoms with Crippen molar-refractivity contribution in [3.63, 3.8) is 0 Å². The molecule has 0 unspecified atom stereocenters. The Hall–Kier alpha value is -0.810. The van der Waals surface area contributed by atoms with E-state index in [2.05, 4.69) is 0 Å². The van der Waals surface area contributed by atoms with Crippen LogP contribution in [0.25, 0.3) is 0 Å². The number of halogens is 9. The fourth-order valence-electron chi connectivity index (χ4n) is 1.24. The van der Waals surface area contributed by atoms with Gasteiger partial charge in [0.1, 0.15) is 0 Å². The van der Waals surface area contributed by atoms with E-state index in [1.165, 1.54) is 0 Å². The minimum Gasteiger partial charge on any atom is -0.286 e. The van der Waals surface area contributed by atoms with E-state index in [1.807, 2.05) is 0 Å². The lowest BCUT2D eigenvalue weighted by Gasteiger charge is -2.33. The highest BCUT2D eigenvalue weighted by atomic mass is 32.2. The van der Waals surface area contributed by atoms with Crippen LogP contribution in [0.2, 0.25) is 0 Å². The summed E-state index contributed by atoms with van der Waals surface area (Å²) in [6, 6.07) is 0. The summed E-state index contributed by atoms with van der Waals surface area (Å²) in [7, 11) is -11.2. The van der Waals surface area contributed by atoms with Gasteiger partial charge in [0, 0.05) is 6.54 Å². The summed E-state index contributed by atoms with van der Waals surface area (Å²) in [5, 5.41) is -6.85. The van der Waals surface area contributed by atoms with Crippen LogP contribution in [-0.2, 0) is 20.1 Å². The second-order valence-corrected chi connectivity index (χ2v) is 7.93. The van der Waals surface area contributed by atoms with E-state index >= 15 is 0 Å². The molecule has 0 aromatic rings. The molecule has 0 rings (SSSR count). The summed E-state index contributed by atoms with van der Waals surface area (Å²) in [5.41, 5.74) is 0. The molecule has 0 fully saturated rings. The van der Waals surface area contributed by atoms with Crippen molar-refractivity contribution < 1.29 is 60.9 Å². The van der Waals surface area contributed by atoms with Crippen molar-refractivity contribution in [2.24, 2.45) is 0 Å². The smallest absolute Gasteiger partial charge is 0.286 e. The Kier molecular flexibility index (Phi) is 6.84. The number of sulfonamides is 1. The van der Waals surface area contributed by atoms with Gasteiger partial charge < -0.3 is 0 Å². The molecule has 0 atom stereocenters. The van der Waals surface area contributed by atoms with E-state index in [0.29, 0.717) is 4.72 Å². The number of hydrogen-bond acceptors (Lipinski definition) is 4. The Labute approximate surface area is 135 Å². The second kappa shape index (κ2) is 7.07. The zero-order valence-electron chi connectivity index (χ0n) is 11.6. The van der Waals surface area contributed by atoms with Gasteiger partial charge in [-0.05, 0) is 12.8 Å². The Morgan fingerprint density at radius 3 is 1.56 bits per heavy atom. The van der Waals surface area contributed by atoms with E-state index in [0.717, 1.165) is 0 Å². The van der Waals surface area contributed by atoms with Crippen LogP contribution in [0, 0.1) is 0 Å². The summed E-state index contributed by atoms with van der Waals surface area (Å²) >= 11 is 0. The predicted octanol–water partition coefficient (Wildman–Crippen LogP) is 2.00. The molecule has 0 aliphatic carbocycles. The molecule has 0 saturated heterocycles. The second-order valence-electron chi connectivity index (χ2n) is 4.55. The SMILES string of the molecule is O=S(=O)(O)CCCCNS(=O)(=O)C(F)(F)C(F)(F)C(F)(F)C(F)(F)F. The summed E-state index contributed by atoms with van der Waals surface area (Å²) in [5.74, 6) is -15.7. The van der Waals surface area contributed by atoms with Crippen LogP contribution in [0.3, 0.4) is 0 Å². The van der Waals surface area contributed by atoms with Crippen LogP contribution in [0.1, 0.15) is 12.8 Å². The highest BCUT2D eigenvalue weighted by Gasteiger charge is 2.85. The third-order valence-corrected chi connectivity index (χ3v) is 4.89. The van der Waals surface area contributed by atoms with Crippen molar-refractivity contribution in [1.82, 2.24) is 4.72 Å². The van der Waals surface area contributed by atoms with Gasteiger partial charge in [-0.1, -0.05) is 0 Å². The quantitative estimate of drug-likeness (QED) is 0.328. The Balaban J connectivity index is 5.28. The molecule has 152 valence electrons. The normalized spacial score (nSPS) is 15.4. The molecule has 6 nitrogen and oxygen atoms in total. The summed E-state index contributed by atoms with van der Waals surface area (Å²) < 4.78 is 165. The summed E-state index contributed by atoms with van der Waals surface area (Å²) in [6.07, 6.45) is -8.36. The fourth-order valence-corrected chi connectivity index (χ4v) is 2.87. The van der Waals surface area contributed by atoms with Crippen LogP contribution < -0.4 is 4.72 Å². The van der Waals surface area contributed by atoms with E-state index in [9.17, 15) is 56.3 Å². The minimum absolute atomic E-state index is 0.554. The van der Waals surface area contributed by atoms with Gasteiger partial charge in [0.15, 0.2) is 0 Å². The molecule has 0 spiro atoms. The first-order valence-corrected chi connectivity index (χ1v) is 8.94. The van der Waals surface area contributed by atoms with Crippen LogP contribution in [-0.4, -0.2) is 57.0 Å². The molecule has 2 N–H and O–H groups in total. The lowest BCUT2D eigenvalue weighted by Crippen LogP contribution is -2.64. The fraction of sp³-hybridized carbons (Fsp3) is 1.00. The monoisotopic (exact) mass is 435 g/mol. The highest BCUT2D eigenvalue weighted by Crippen LogP contribution is 2.54. The van der Waals surface area contributed by atoms with E-state index in [1.54, 1.807) is 0 Å². The molecular formula is C8H10F9NO5S2. The van der Waals surface area contributed by atoms with E-state index in [-0.39, 0.29) is 0 Å². The van der Waals surface area contributed by atoms with E-state index in [4.69, 9.17) is 4.55 Å². The topological polar surface area (TPSA) is 101 Å². The molecule has 0 saturated carbocycles. The van der Waals surface area contributed by atoms with Crippen LogP contribution in [0.15, 0.2) is 0 Å². The lowest BCUT2D eigenvalue weighted by atomic mass is 10.1. The molecule has 0 aromatic carbocycles. The molecule has 0 bridgehead atoms. The average Bonchev–Trinajstić information content (AvgIpc) is 2.34. The number of nitrogens with one attached hydrogen (secondary N) is 1. The minimum atomic E-state index is -7.36. The molecule has 25 heavy (non-hydrogen) atoms. The van der Waals surface area contributed by atoms with Crippen molar-refractivity contribution in [2.75, 3.05) is 12.3 Å². The third-order valence-electron chi connectivity index (χ3n) is 2.57. The molecule has 0 heterocycles. The number of hydrogen-bond donors (Lipinski definition) is 2. The van der Waals surface area contributed by atoms with Gasteiger partial charge in [0.05, 0.1) is 5.75 Å². The van der Waals surface area contributed by atoms with Gasteiger partial charge in [-0.25, -0.2) is 13.1 Å². The van der Waals surface area contributed by atoms with Gasteiger partial charge in [-0.3, -0.25) is 4.55 Å². The first-order valence-electron chi connectivity index (χ1n) is 5.85. The van der Waals surface area contributed by atoms with Crippen LogP contribution in [0.5, 0.6) is 0 Å². The highest BCUT2D eigenvalue weighted by molar-refractivity contribution is 7.90. The largest absolute Gasteiger partial charge is 0.460 e. The van der Waals surface area contributed by atoms with E-state index < -0.39 is 68.6 Å². The molecule has 0 aliphatic heterocycles. The maximum Gasteiger partial charge on any atom is 0.460 e. The average molecular weight is 435 g/mol. The maximum atomic E-state index is 13.2. The van der Waals surface area contributed by atoms with Gasteiger partial charge in [-0.15, -0.1) is 0 Å².